The van der Waals surface area contributed by atoms with Crippen molar-refractivity contribution in [2.45, 2.75) is 18.6 Å². The predicted molar refractivity (Wildman–Crippen MR) is 125 cm³/mol. The molecule has 7 heteroatoms. The van der Waals surface area contributed by atoms with Gasteiger partial charge < -0.3 is 19.3 Å². The third-order valence-electron chi connectivity index (χ3n) is 4.90. The molecule has 0 fully saturated rings. The first kappa shape index (κ1) is 23.6. The first-order chi connectivity index (χ1) is 16.0. The van der Waals surface area contributed by atoms with E-state index in [1.54, 1.807) is 24.3 Å². The predicted octanol–water partition coefficient (Wildman–Crippen LogP) is 4.43. The molecule has 0 amide bonds. The Labute approximate surface area is 192 Å². The number of carbonyl (C=O) groups is 1. The Balaban J connectivity index is 1.39. The number of hydrogen-bond acceptors (Lipinski definition) is 5. The Morgan fingerprint density at radius 1 is 0.848 bits per heavy atom. The highest BCUT2D eigenvalue weighted by atomic mass is 16.5. The molecule has 0 aliphatic rings. The molecule has 3 rings (SSSR count). The summed E-state index contributed by atoms with van der Waals surface area (Å²) in [6.07, 6.45) is 0.780. The second-order valence-corrected chi connectivity index (χ2v) is 7.20. The fourth-order valence-electron chi connectivity index (χ4n) is 3.05. The number of ether oxygens (including phenoxy) is 4. The molecule has 2 N–H and O–H groups in total. The minimum Gasteiger partial charge on any atom is -0.556 e. The Bertz CT molecular complexity index is 1060. The molecule has 0 saturated carbocycles. The summed E-state index contributed by atoms with van der Waals surface area (Å²) in [6, 6.07) is 24.2. The molecule has 0 radical (unpaired) electrons. The lowest BCUT2D eigenvalue weighted by atomic mass is 10.0. The molecular weight excluding hydrogens is 422 g/mol. The van der Waals surface area contributed by atoms with E-state index < -0.39 is 11.7 Å². The molecule has 0 aliphatic heterocycles. The highest BCUT2D eigenvalue weighted by Gasteiger charge is 2.57. The zero-order valence-corrected chi connectivity index (χ0v) is 18.4. The van der Waals surface area contributed by atoms with Gasteiger partial charge in [-0.25, -0.2) is 0 Å². The van der Waals surface area contributed by atoms with Crippen LogP contribution in [0.15, 0.2) is 78.9 Å². The van der Waals surface area contributed by atoms with Crippen molar-refractivity contribution in [1.29, 1.82) is 0 Å². The van der Waals surface area contributed by atoms with E-state index in [0.29, 0.717) is 25.4 Å². The third-order valence-corrected chi connectivity index (χ3v) is 4.90. The SMILES string of the molecule is C#[N+][C@@](Cc1ccc(OCCCOc2ccc(Oc3ccccc3)cc2)cc1)(OC)C(=O)[OH2+]. The first-order valence-corrected chi connectivity index (χ1v) is 10.5. The Morgan fingerprint density at radius 2 is 1.36 bits per heavy atom. The molecule has 1 atom stereocenters. The Kier molecular flexibility index (Phi) is 8.28. The summed E-state index contributed by atoms with van der Waals surface area (Å²) >= 11 is 0. The summed E-state index contributed by atoms with van der Waals surface area (Å²) in [5.74, 6) is 1.98. The number of rotatable bonds is 12. The smallest absolute Gasteiger partial charge is 0.556 e. The molecule has 0 saturated heterocycles. The minimum atomic E-state index is -1.69. The molecule has 0 spiro atoms. The molecule has 3 aromatic carbocycles. The lowest BCUT2D eigenvalue weighted by Crippen LogP contribution is -2.39. The van der Waals surface area contributed by atoms with Gasteiger partial charge in [-0.05, 0) is 58.9 Å². The molecule has 7 nitrogen and oxygen atoms in total. The topological polar surface area (TPSA) is 81.2 Å². The largest absolute Gasteiger partial charge is 0.639 e. The molecule has 0 unspecified atom stereocenters. The number of benzene rings is 3. The van der Waals surface area contributed by atoms with Crippen LogP contribution in [0.25, 0.3) is 4.85 Å². The maximum atomic E-state index is 11.5. The van der Waals surface area contributed by atoms with E-state index in [1.807, 2.05) is 54.6 Å². The van der Waals surface area contributed by atoms with Crippen molar-refractivity contribution in [3.05, 3.63) is 89.3 Å². The van der Waals surface area contributed by atoms with E-state index in [2.05, 4.69) is 4.85 Å². The standard InChI is InChI=1S/C26H25NO6/c1-27-26(30-2,25(28)29)19-20-9-11-21(12-10-20)31-17-6-18-32-22-13-15-24(16-14-22)33-23-7-4-3-5-8-23/h1,3-5,7-16H,6,17-19H2,2H3/p+2/t26-/m0/s1. The van der Waals surface area contributed by atoms with Crippen molar-refractivity contribution in [2.24, 2.45) is 0 Å². The van der Waals surface area contributed by atoms with Crippen LogP contribution in [0, 0.1) is 6.57 Å². The average molecular weight is 450 g/mol. The van der Waals surface area contributed by atoms with Crippen LogP contribution in [-0.4, -0.2) is 37.1 Å². The van der Waals surface area contributed by atoms with Crippen molar-refractivity contribution in [2.75, 3.05) is 20.3 Å². The average Bonchev–Trinajstić information content (AvgIpc) is 2.85. The van der Waals surface area contributed by atoms with Crippen LogP contribution in [0.4, 0.5) is 0 Å². The number of para-hydroxylation sites is 1. The second-order valence-electron chi connectivity index (χ2n) is 7.20. The Morgan fingerprint density at radius 3 is 1.88 bits per heavy atom. The van der Waals surface area contributed by atoms with Gasteiger partial charge in [0.05, 0.1) is 18.0 Å². The monoisotopic (exact) mass is 449 g/mol. The summed E-state index contributed by atoms with van der Waals surface area (Å²) in [6.45, 7) is 6.29. The molecule has 0 aromatic heterocycles. The van der Waals surface area contributed by atoms with Crippen molar-refractivity contribution >= 4 is 5.97 Å². The lowest BCUT2D eigenvalue weighted by molar-refractivity contribution is -0.156. The van der Waals surface area contributed by atoms with Gasteiger partial charge in [0.1, 0.15) is 29.4 Å². The fraction of sp³-hybridized carbons (Fsp3) is 0.231. The zero-order chi connectivity index (χ0) is 23.5. The number of nitrogens with zero attached hydrogens (tertiary/aromatic N) is 1. The zero-order valence-electron chi connectivity index (χ0n) is 18.4. The number of methoxy groups -OCH3 is 1. The van der Waals surface area contributed by atoms with Crippen molar-refractivity contribution in [3.63, 3.8) is 0 Å². The van der Waals surface area contributed by atoms with Crippen molar-refractivity contribution in [3.8, 4) is 29.6 Å². The van der Waals surface area contributed by atoms with Gasteiger partial charge >= 0.3 is 11.7 Å². The third kappa shape index (κ3) is 6.73. The summed E-state index contributed by atoms with van der Waals surface area (Å²) in [5, 5.41) is 7.34. The fourth-order valence-corrected chi connectivity index (χ4v) is 3.05. The van der Waals surface area contributed by atoms with Gasteiger partial charge in [0, 0.05) is 13.5 Å². The highest BCUT2D eigenvalue weighted by Crippen LogP contribution is 2.24. The molecular formula is C26H27NO6+2. The molecule has 0 bridgehead atoms. The molecule has 0 aliphatic carbocycles. The van der Waals surface area contributed by atoms with Gasteiger partial charge in [0.15, 0.2) is 0 Å². The van der Waals surface area contributed by atoms with E-state index in [1.165, 1.54) is 7.11 Å². The van der Waals surface area contributed by atoms with Crippen molar-refractivity contribution in [1.82, 2.24) is 0 Å². The van der Waals surface area contributed by atoms with Crippen LogP contribution in [0.3, 0.4) is 0 Å². The van der Waals surface area contributed by atoms with Gasteiger partial charge in [-0.15, -0.1) is 0 Å². The van der Waals surface area contributed by atoms with Crippen LogP contribution < -0.4 is 14.2 Å². The molecule has 3 aromatic rings. The van der Waals surface area contributed by atoms with Gasteiger partial charge in [0.25, 0.3) is 6.57 Å². The Hall–Kier alpha value is -4.02. The van der Waals surface area contributed by atoms with Crippen LogP contribution in [-0.2, 0) is 16.0 Å². The van der Waals surface area contributed by atoms with E-state index in [0.717, 1.165) is 22.8 Å². The van der Waals surface area contributed by atoms with Crippen molar-refractivity contribution < 1.29 is 28.8 Å². The van der Waals surface area contributed by atoms with Gasteiger partial charge in [-0.1, -0.05) is 30.3 Å². The summed E-state index contributed by atoms with van der Waals surface area (Å²) in [7, 11) is 1.30. The van der Waals surface area contributed by atoms with Gasteiger partial charge in [0.2, 0.25) is 0 Å². The summed E-state index contributed by atoms with van der Waals surface area (Å²) < 4.78 is 22.3. The van der Waals surface area contributed by atoms with E-state index in [-0.39, 0.29) is 6.42 Å². The quantitative estimate of drug-likeness (QED) is 0.302. The highest BCUT2D eigenvalue weighted by molar-refractivity contribution is 5.79. The van der Waals surface area contributed by atoms with Crippen LogP contribution in [0.2, 0.25) is 0 Å². The van der Waals surface area contributed by atoms with Crippen LogP contribution in [0.5, 0.6) is 23.0 Å². The first-order valence-electron chi connectivity index (χ1n) is 10.5. The van der Waals surface area contributed by atoms with Gasteiger partial charge in [-0.3, -0.25) is 4.74 Å². The molecule has 170 valence electrons. The van der Waals surface area contributed by atoms with Crippen LogP contribution >= 0.6 is 0 Å². The maximum absolute atomic E-state index is 11.5. The lowest BCUT2D eigenvalue weighted by Gasteiger charge is -2.10. The number of carbonyl (C=O) groups excluding carboxylic acids is 1. The van der Waals surface area contributed by atoms with E-state index in [4.69, 9.17) is 30.6 Å². The van der Waals surface area contributed by atoms with Crippen LogP contribution in [0.1, 0.15) is 12.0 Å². The number of hydrogen-bond donors (Lipinski definition) is 0. The van der Waals surface area contributed by atoms with E-state index in [9.17, 15) is 4.79 Å². The normalized spacial score (nSPS) is 12.2. The maximum Gasteiger partial charge on any atom is 0.639 e. The second kappa shape index (κ2) is 11.6. The molecule has 0 heterocycles. The van der Waals surface area contributed by atoms with E-state index >= 15 is 0 Å². The molecule has 33 heavy (non-hydrogen) atoms. The minimum absolute atomic E-state index is 0.0750. The summed E-state index contributed by atoms with van der Waals surface area (Å²) in [4.78, 5) is 15.0. The summed E-state index contributed by atoms with van der Waals surface area (Å²) in [5.41, 5.74) is -0.937. The van der Waals surface area contributed by atoms with Gasteiger partial charge in [-0.2, -0.15) is 0 Å².